The Labute approximate surface area is 165 Å². The normalized spacial score (nSPS) is 20.4. The third-order valence-corrected chi connectivity index (χ3v) is 5.04. The molecule has 156 valence electrons. The number of carbonyl (C=O) groups is 4. The van der Waals surface area contributed by atoms with Crippen molar-refractivity contribution in [3.05, 3.63) is 11.6 Å². The number of rotatable bonds is 7. The Bertz CT molecular complexity index is 628. The van der Waals surface area contributed by atoms with Gasteiger partial charge in [0, 0.05) is 18.2 Å². The molecule has 1 saturated heterocycles. The van der Waals surface area contributed by atoms with Crippen LogP contribution < -0.4 is 10.6 Å². The maximum absolute atomic E-state index is 13.1. The van der Waals surface area contributed by atoms with E-state index >= 15 is 0 Å². The van der Waals surface area contributed by atoms with E-state index in [-0.39, 0.29) is 30.8 Å². The third-order valence-electron chi connectivity index (χ3n) is 5.04. The van der Waals surface area contributed by atoms with Gasteiger partial charge in [-0.15, -0.1) is 0 Å². The molecule has 0 aromatic rings. The summed E-state index contributed by atoms with van der Waals surface area (Å²) in [7, 11) is 0. The number of urea groups is 1. The van der Waals surface area contributed by atoms with E-state index in [4.69, 9.17) is 0 Å². The Morgan fingerprint density at radius 3 is 2.46 bits per heavy atom. The number of likely N-dealkylation sites (tertiary alicyclic amines) is 1. The predicted octanol–water partition coefficient (Wildman–Crippen LogP) is 1.18. The van der Waals surface area contributed by atoms with E-state index in [9.17, 15) is 24.4 Å². The Morgan fingerprint density at radius 1 is 1.18 bits per heavy atom. The van der Waals surface area contributed by atoms with E-state index in [1.54, 1.807) is 13.8 Å². The van der Waals surface area contributed by atoms with Crippen LogP contribution in [0, 0.1) is 5.92 Å². The molecule has 28 heavy (non-hydrogen) atoms. The van der Waals surface area contributed by atoms with Crippen LogP contribution in [0.1, 0.15) is 52.4 Å². The van der Waals surface area contributed by atoms with Gasteiger partial charge >= 0.3 is 6.03 Å². The van der Waals surface area contributed by atoms with Crippen molar-refractivity contribution < 1.29 is 24.4 Å². The smallest absolute Gasteiger partial charge is 0.321 e. The summed E-state index contributed by atoms with van der Waals surface area (Å²) in [5, 5.41) is 14.9. The van der Waals surface area contributed by atoms with Crippen LogP contribution in [0.4, 0.5) is 4.79 Å². The first-order valence-corrected chi connectivity index (χ1v) is 9.85. The molecule has 9 heteroatoms. The highest BCUT2D eigenvalue weighted by Crippen LogP contribution is 2.28. The molecular formula is C19H30N4O5. The van der Waals surface area contributed by atoms with E-state index in [0.717, 1.165) is 25.7 Å². The summed E-state index contributed by atoms with van der Waals surface area (Å²) < 4.78 is 0. The lowest BCUT2D eigenvalue weighted by atomic mass is 10.0. The molecule has 3 N–H and O–H groups in total. The lowest BCUT2D eigenvalue weighted by Gasteiger charge is -2.26. The Hall–Kier alpha value is -2.42. The number of carbonyl (C=O) groups excluding carboxylic acids is 4. The average molecular weight is 394 g/mol. The van der Waals surface area contributed by atoms with E-state index in [1.165, 1.54) is 4.90 Å². The van der Waals surface area contributed by atoms with Crippen LogP contribution in [0.15, 0.2) is 11.6 Å². The van der Waals surface area contributed by atoms with Gasteiger partial charge in [0.25, 0.3) is 11.8 Å². The van der Waals surface area contributed by atoms with Crippen LogP contribution in [0.3, 0.4) is 0 Å². The zero-order valence-electron chi connectivity index (χ0n) is 16.5. The average Bonchev–Trinajstić information content (AvgIpc) is 3.31. The first kappa shape index (κ1) is 21.9. The van der Waals surface area contributed by atoms with Gasteiger partial charge in [-0.2, -0.15) is 0 Å². The minimum atomic E-state index is -0.749. The van der Waals surface area contributed by atoms with E-state index in [0.29, 0.717) is 30.0 Å². The SMILES string of the molecule is CC(C)NC(=O)NC(=O)[C@@H]1CCCN1C(=O)/C(=C\C1CCCC1)CN(O)C=O. The zero-order chi connectivity index (χ0) is 20.7. The second kappa shape index (κ2) is 10.2. The van der Waals surface area contributed by atoms with Crippen LogP contribution in [-0.2, 0) is 14.4 Å². The van der Waals surface area contributed by atoms with Crippen LogP contribution >= 0.6 is 0 Å². The monoisotopic (exact) mass is 394 g/mol. The van der Waals surface area contributed by atoms with Crippen molar-refractivity contribution in [1.29, 1.82) is 0 Å². The van der Waals surface area contributed by atoms with Crippen molar-refractivity contribution in [2.75, 3.05) is 13.1 Å². The number of hydrogen-bond acceptors (Lipinski definition) is 5. The number of allylic oxidation sites excluding steroid dienone is 1. The van der Waals surface area contributed by atoms with E-state index in [2.05, 4.69) is 10.6 Å². The fourth-order valence-corrected chi connectivity index (χ4v) is 3.77. The molecular weight excluding hydrogens is 364 g/mol. The zero-order valence-corrected chi connectivity index (χ0v) is 16.5. The first-order chi connectivity index (χ1) is 13.3. The number of hydrogen-bond donors (Lipinski definition) is 3. The highest BCUT2D eigenvalue weighted by molar-refractivity contribution is 6.01. The van der Waals surface area contributed by atoms with Crippen LogP contribution in [0.5, 0.6) is 0 Å². The summed E-state index contributed by atoms with van der Waals surface area (Å²) >= 11 is 0. The Morgan fingerprint density at radius 2 is 1.86 bits per heavy atom. The van der Waals surface area contributed by atoms with Crippen LogP contribution in [0.25, 0.3) is 0 Å². The molecule has 1 heterocycles. The summed E-state index contributed by atoms with van der Waals surface area (Å²) in [6.45, 7) is 3.72. The van der Waals surface area contributed by atoms with Gasteiger partial charge in [0.2, 0.25) is 6.41 Å². The van der Waals surface area contributed by atoms with Gasteiger partial charge in [-0.05, 0) is 45.4 Å². The van der Waals surface area contributed by atoms with Gasteiger partial charge in [0.05, 0.1) is 6.54 Å². The molecule has 5 amide bonds. The van der Waals surface area contributed by atoms with Crippen molar-refractivity contribution >= 4 is 24.3 Å². The number of imide groups is 1. The maximum atomic E-state index is 13.1. The Balaban J connectivity index is 2.11. The molecule has 1 aliphatic carbocycles. The highest BCUT2D eigenvalue weighted by Gasteiger charge is 2.36. The van der Waals surface area contributed by atoms with Crippen molar-refractivity contribution in [3.8, 4) is 0 Å². The lowest BCUT2D eigenvalue weighted by molar-refractivity contribution is -0.149. The summed E-state index contributed by atoms with van der Waals surface area (Å²) in [6.07, 6.45) is 7.26. The molecule has 2 aliphatic rings. The van der Waals surface area contributed by atoms with Crippen LogP contribution in [-0.4, -0.2) is 64.6 Å². The fourth-order valence-electron chi connectivity index (χ4n) is 3.77. The predicted molar refractivity (Wildman–Crippen MR) is 101 cm³/mol. The van der Waals surface area contributed by atoms with Gasteiger partial charge in [-0.25, -0.2) is 9.86 Å². The summed E-state index contributed by atoms with van der Waals surface area (Å²) in [5.74, 6) is -0.680. The number of amides is 5. The molecule has 0 bridgehead atoms. The minimum absolute atomic E-state index is 0.117. The molecule has 2 rings (SSSR count). The van der Waals surface area contributed by atoms with Gasteiger partial charge in [0.15, 0.2) is 0 Å². The molecule has 0 aromatic heterocycles. The molecule has 0 spiro atoms. The number of nitrogens with one attached hydrogen (secondary N) is 2. The van der Waals surface area contributed by atoms with Gasteiger partial charge in [0.1, 0.15) is 6.04 Å². The van der Waals surface area contributed by atoms with Gasteiger partial charge < -0.3 is 10.2 Å². The van der Waals surface area contributed by atoms with E-state index in [1.807, 2.05) is 6.08 Å². The molecule has 0 aromatic carbocycles. The molecule has 1 atom stereocenters. The van der Waals surface area contributed by atoms with E-state index < -0.39 is 18.0 Å². The van der Waals surface area contributed by atoms with Crippen molar-refractivity contribution in [2.45, 2.75) is 64.5 Å². The molecule has 0 unspecified atom stereocenters. The van der Waals surface area contributed by atoms with Gasteiger partial charge in [-0.3, -0.25) is 24.9 Å². The largest absolute Gasteiger partial charge is 0.336 e. The lowest BCUT2D eigenvalue weighted by Crippen LogP contribution is -2.51. The first-order valence-electron chi connectivity index (χ1n) is 9.85. The van der Waals surface area contributed by atoms with Crippen molar-refractivity contribution in [2.24, 2.45) is 5.92 Å². The van der Waals surface area contributed by atoms with Crippen molar-refractivity contribution in [3.63, 3.8) is 0 Å². The minimum Gasteiger partial charge on any atom is -0.336 e. The summed E-state index contributed by atoms with van der Waals surface area (Å²) in [5.41, 5.74) is 0.299. The quantitative estimate of drug-likeness (QED) is 0.259. The topological polar surface area (TPSA) is 119 Å². The highest BCUT2D eigenvalue weighted by atomic mass is 16.5. The summed E-state index contributed by atoms with van der Waals surface area (Å²) in [6, 6.07) is -1.46. The van der Waals surface area contributed by atoms with Crippen LogP contribution in [0.2, 0.25) is 0 Å². The second-order valence-electron chi connectivity index (χ2n) is 7.71. The van der Waals surface area contributed by atoms with Crippen molar-refractivity contribution in [1.82, 2.24) is 20.6 Å². The molecule has 2 fully saturated rings. The number of hydroxylamine groups is 2. The molecule has 0 radical (unpaired) electrons. The maximum Gasteiger partial charge on any atom is 0.321 e. The number of nitrogens with zero attached hydrogens (tertiary/aromatic N) is 2. The standard InChI is InChI=1S/C19H30N4O5/c1-13(2)20-19(27)21-17(25)16-8-5-9-23(16)18(26)15(11-22(28)12-24)10-14-6-3-4-7-14/h10,12-14,16,28H,3-9,11H2,1-2H3,(H2,20,21,25,27)/b15-10-/t16-/m0/s1. The molecule has 1 aliphatic heterocycles. The van der Waals surface area contributed by atoms with Gasteiger partial charge in [-0.1, -0.05) is 18.9 Å². The second-order valence-corrected chi connectivity index (χ2v) is 7.71. The fraction of sp³-hybridized carbons (Fsp3) is 0.684. The summed E-state index contributed by atoms with van der Waals surface area (Å²) in [4.78, 5) is 49.6. The molecule has 9 nitrogen and oxygen atoms in total. The molecule has 1 saturated carbocycles. The Kier molecular flexibility index (Phi) is 7.98. The third kappa shape index (κ3) is 6.05.